The van der Waals surface area contributed by atoms with E-state index in [1.54, 1.807) is 7.11 Å². The Morgan fingerprint density at radius 1 is 1.18 bits per heavy atom. The smallest absolute Gasteiger partial charge is 0.319 e. The highest BCUT2D eigenvalue weighted by Crippen LogP contribution is 2.21. The monoisotopic (exact) mass is 387 g/mol. The number of aliphatic hydroxyl groups excluding tert-OH is 1. The van der Waals surface area contributed by atoms with Gasteiger partial charge in [-0.2, -0.15) is 0 Å². The van der Waals surface area contributed by atoms with E-state index in [1.807, 2.05) is 68.4 Å². The van der Waals surface area contributed by atoms with Crippen LogP contribution in [0.25, 0.3) is 0 Å². The van der Waals surface area contributed by atoms with Gasteiger partial charge in [-0.1, -0.05) is 12.1 Å². The summed E-state index contributed by atoms with van der Waals surface area (Å²) in [5.41, 5.74) is 3.84. The molecule has 2 aromatic carbocycles. The summed E-state index contributed by atoms with van der Waals surface area (Å²) in [6, 6.07) is 12.8. The van der Waals surface area contributed by atoms with Crippen molar-refractivity contribution < 1.29 is 19.4 Å². The highest BCUT2D eigenvalue weighted by atomic mass is 16.5. The minimum Gasteiger partial charge on any atom is -0.497 e. The first-order chi connectivity index (χ1) is 13.4. The summed E-state index contributed by atoms with van der Waals surface area (Å²) in [4.78, 5) is 14.0. The molecule has 0 spiro atoms. The first-order valence-electron chi connectivity index (χ1n) is 9.10. The average Bonchev–Trinajstić information content (AvgIpc) is 2.66. The summed E-state index contributed by atoms with van der Waals surface area (Å²) < 4.78 is 10.6. The molecule has 0 radical (unpaired) electrons. The van der Waals surface area contributed by atoms with Gasteiger partial charge in [0, 0.05) is 32.0 Å². The number of carbonyl (C=O) groups is 1. The fraction of sp³-hybridized carbons (Fsp3) is 0.381. The molecule has 0 saturated carbocycles. The number of aryl methyl sites for hydroxylation is 1. The van der Waals surface area contributed by atoms with Crippen LogP contribution < -0.4 is 20.3 Å². The number of nitrogens with zero attached hydrogens (tertiary/aromatic N) is 1. The molecule has 0 aliphatic carbocycles. The average molecular weight is 387 g/mol. The minimum atomic E-state index is -0.790. The first-order valence-corrected chi connectivity index (χ1v) is 9.10. The van der Waals surface area contributed by atoms with E-state index in [2.05, 4.69) is 10.6 Å². The van der Waals surface area contributed by atoms with Gasteiger partial charge in [-0.25, -0.2) is 4.79 Å². The largest absolute Gasteiger partial charge is 0.497 e. The molecule has 7 heteroatoms. The van der Waals surface area contributed by atoms with Gasteiger partial charge in [-0.05, 0) is 48.4 Å². The molecule has 0 bridgehead atoms. The van der Waals surface area contributed by atoms with Crippen LogP contribution >= 0.6 is 0 Å². The molecule has 0 aliphatic rings. The second kappa shape index (κ2) is 10.5. The summed E-state index contributed by atoms with van der Waals surface area (Å²) in [6.07, 6.45) is -0.790. The lowest BCUT2D eigenvalue weighted by Gasteiger charge is -2.17. The number of ether oxygens (including phenoxy) is 2. The van der Waals surface area contributed by atoms with Crippen LogP contribution in [0.3, 0.4) is 0 Å². The Kier molecular flexibility index (Phi) is 8.10. The number of rotatable bonds is 9. The predicted molar refractivity (Wildman–Crippen MR) is 111 cm³/mol. The van der Waals surface area contributed by atoms with Crippen LogP contribution in [0.15, 0.2) is 42.5 Å². The summed E-state index contributed by atoms with van der Waals surface area (Å²) in [6.45, 7) is 2.60. The Morgan fingerprint density at radius 2 is 1.89 bits per heavy atom. The molecule has 2 aromatic rings. The van der Waals surface area contributed by atoms with Gasteiger partial charge in [0.05, 0.1) is 26.4 Å². The van der Waals surface area contributed by atoms with Crippen molar-refractivity contribution >= 4 is 17.4 Å². The van der Waals surface area contributed by atoms with Gasteiger partial charge in [-0.15, -0.1) is 0 Å². The number of hydrogen-bond acceptors (Lipinski definition) is 5. The second-order valence-corrected chi connectivity index (χ2v) is 6.75. The van der Waals surface area contributed by atoms with Crippen LogP contribution in [0, 0.1) is 6.92 Å². The van der Waals surface area contributed by atoms with Crippen LogP contribution in [0.2, 0.25) is 0 Å². The van der Waals surface area contributed by atoms with E-state index in [0.717, 1.165) is 22.6 Å². The van der Waals surface area contributed by atoms with Crippen molar-refractivity contribution in [3.05, 3.63) is 53.6 Å². The number of nitrogens with one attached hydrogen (secondary N) is 2. The van der Waals surface area contributed by atoms with Crippen molar-refractivity contribution in [1.82, 2.24) is 5.32 Å². The molecular weight excluding hydrogens is 358 g/mol. The third-order valence-electron chi connectivity index (χ3n) is 4.17. The normalized spacial score (nSPS) is 11.6. The number of hydrogen-bond donors (Lipinski definition) is 3. The fourth-order valence-corrected chi connectivity index (χ4v) is 2.71. The molecule has 2 amide bonds. The topological polar surface area (TPSA) is 83.1 Å². The van der Waals surface area contributed by atoms with Crippen LogP contribution in [0.5, 0.6) is 5.75 Å². The zero-order chi connectivity index (χ0) is 20.5. The van der Waals surface area contributed by atoms with Crippen LogP contribution in [0.4, 0.5) is 16.2 Å². The molecule has 0 heterocycles. The highest BCUT2D eigenvalue weighted by molar-refractivity contribution is 5.89. The third-order valence-corrected chi connectivity index (χ3v) is 4.17. The van der Waals surface area contributed by atoms with E-state index >= 15 is 0 Å². The zero-order valence-electron chi connectivity index (χ0n) is 16.9. The van der Waals surface area contributed by atoms with E-state index in [4.69, 9.17) is 9.47 Å². The maximum atomic E-state index is 12.0. The minimum absolute atomic E-state index is 0.100. The van der Waals surface area contributed by atoms with Gasteiger partial charge in [0.15, 0.2) is 0 Å². The number of aliphatic hydroxyl groups is 1. The molecule has 3 N–H and O–H groups in total. The number of amides is 2. The Balaban J connectivity index is 1.69. The van der Waals surface area contributed by atoms with Gasteiger partial charge in [-0.3, -0.25) is 0 Å². The van der Waals surface area contributed by atoms with Gasteiger partial charge in [0.25, 0.3) is 0 Å². The van der Waals surface area contributed by atoms with Crippen LogP contribution in [-0.4, -0.2) is 51.6 Å². The summed E-state index contributed by atoms with van der Waals surface area (Å²) in [5.74, 6) is 0.783. The standard InChI is InChI=1S/C21H29N3O4/c1-15-11-17(7-10-20(15)24(2)3)23-21(26)22-12-18(25)14-28-13-16-5-8-19(27-4)9-6-16/h5-11,18,25H,12-14H2,1-4H3,(H2,22,23,26). The lowest BCUT2D eigenvalue weighted by molar-refractivity contribution is 0.0302. The molecule has 2 rings (SSSR count). The lowest BCUT2D eigenvalue weighted by atomic mass is 10.1. The Hall–Kier alpha value is -2.77. The van der Waals surface area contributed by atoms with Crippen molar-refractivity contribution in [3.63, 3.8) is 0 Å². The fourth-order valence-electron chi connectivity index (χ4n) is 2.71. The SMILES string of the molecule is COc1ccc(COCC(O)CNC(=O)Nc2ccc(N(C)C)c(C)c2)cc1. The van der Waals surface area contributed by atoms with Crippen LogP contribution in [-0.2, 0) is 11.3 Å². The number of urea groups is 1. The van der Waals surface area contributed by atoms with E-state index in [-0.39, 0.29) is 19.2 Å². The summed E-state index contributed by atoms with van der Waals surface area (Å²) >= 11 is 0. The van der Waals surface area contributed by atoms with Crippen LogP contribution in [0.1, 0.15) is 11.1 Å². The van der Waals surface area contributed by atoms with Gasteiger partial charge < -0.3 is 30.1 Å². The molecule has 28 heavy (non-hydrogen) atoms. The molecule has 152 valence electrons. The summed E-state index contributed by atoms with van der Waals surface area (Å²) in [5, 5.41) is 15.4. The first kappa shape index (κ1) is 21.5. The second-order valence-electron chi connectivity index (χ2n) is 6.75. The van der Waals surface area contributed by atoms with Gasteiger partial charge in [0.1, 0.15) is 5.75 Å². The molecule has 1 unspecified atom stereocenters. The molecule has 0 aliphatic heterocycles. The van der Waals surface area contributed by atoms with Crippen molar-refractivity contribution in [1.29, 1.82) is 0 Å². The molecule has 0 saturated heterocycles. The Bertz CT molecular complexity index is 763. The zero-order valence-corrected chi connectivity index (χ0v) is 16.9. The Morgan fingerprint density at radius 3 is 2.50 bits per heavy atom. The van der Waals surface area contributed by atoms with Crippen molar-refractivity contribution in [2.45, 2.75) is 19.6 Å². The highest BCUT2D eigenvalue weighted by Gasteiger charge is 2.09. The van der Waals surface area contributed by atoms with Gasteiger partial charge in [0.2, 0.25) is 0 Å². The maximum absolute atomic E-state index is 12.0. The van der Waals surface area contributed by atoms with Crippen molar-refractivity contribution in [2.75, 3.05) is 44.6 Å². The van der Waals surface area contributed by atoms with E-state index < -0.39 is 6.10 Å². The quantitative estimate of drug-likeness (QED) is 0.616. The third kappa shape index (κ3) is 6.75. The molecular formula is C21H29N3O4. The lowest BCUT2D eigenvalue weighted by Crippen LogP contribution is -2.37. The van der Waals surface area contributed by atoms with Gasteiger partial charge >= 0.3 is 6.03 Å². The summed E-state index contributed by atoms with van der Waals surface area (Å²) in [7, 11) is 5.56. The van der Waals surface area contributed by atoms with E-state index in [0.29, 0.717) is 12.3 Å². The Labute approximate surface area is 166 Å². The number of methoxy groups -OCH3 is 1. The number of benzene rings is 2. The van der Waals surface area contributed by atoms with E-state index in [1.165, 1.54) is 0 Å². The van der Waals surface area contributed by atoms with Crippen molar-refractivity contribution in [3.8, 4) is 5.75 Å². The number of carbonyl (C=O) groups excluding carboxylic acids is 1. The molecule has 1 atom stereocenters. The molecule has 0 fully saturated rings. The maximum Gasteiger partial charge on any atom is 0.319 e. The van der Waals surface area contributed by atoms with E-state index in [9.17, 15) is 9.90 Å². The number of anilines is 2. The van der Waals surface area contributed by atoms with Crippen molar-refractivity contribution in [2.24, 2.45) is 0 Å². The molecule has 0 aromatic heterocycles. The predicted octanol–water partition coefficient (Wildman–Crippen LogP) is 2.77. The molecule has 7 nitrogen and oxygen atoms in total.